The molecule has 5 nitrogen and oxygen atoms in total. The molecule has 0 aliphatic rings. The maximum Gasteiger partial charge on any atom is 0.149 e. The number of aromatic nitrogens is 4. The molecule has 302 valence electrons. The fraction of sp³-hybridized carbons (Fsp3) is 0.0690. The van der Waals surface area contributed by atoms with E-state index in [0.717, 1.165) is 88.9 Å². The molecule has 0 amide bonds. The van der Waals surface area contributed by atoms with Crippen molar-refractivity contribution in [2.24, 2.45) is 0 Å². The Morgan fingerprint density at radius 2 is 1.11 bits per heavy atom. The van der Waals surface area contributed by atoms with Crippen LogP contribution in [0, 0.1) is 0 Å². The van der Waals surface area contributed by atoms with Crippen molar-refractivity contribution in [2.75, 3.05) is 0 Å². The van der Waals surface area contributed by atoms with E-state index in [1.807, 2.05) is 48.7 Å². The van der Waals surface area contributed by atoms with Crippen LogP contribution in [0.25, 0.3) is 100 Å². The fourth-order valence-corrected chi connectivity index (χ4v) is 9.10. The van der Waals surface area contributed by atoms with Gasteiger partial charge in [0.1, 0.15) is 11.6 Å². The third-order valence-corrected chi connectivity index (χ3v) is 12.2. The summed E-state index contributed by atoms with van der Waals surface area (Å²) in [5.41, 5.74) is 15.9. The molecule has 3 heterocycles. The third-order valence-electron chi connectivity index (χ3n) is 12.2. The summed E-state index contributed by atoms with van der Waals surface area (Å²) in [6.45, 7) is 6.76. The highest BCUT2D eigenvalue weighted by Crippen LogP contribution is 2.45. The molecule has 0 aliphatic carbocycles. The van der Waals surface area contributed by atoms with Gasteiger partial charge in [-0.1, -0.05) is 142 Å². The van der Waals surface area contributed by atoms with Gasteiger partial charge in [-0.05, 0) is 106 Å². The standard InChI is InChI=1S/C58H44N4O/c1-58(2,3)43-29-30-52(47(35-43)39-20-9-5-10-21-39)62-53-28-17-25-45(41-32-40(38-18-7-4-8-19-38)33-42(34-41)50-26-15-16-31-59-50)56(53)60-57(62)49-36-48-46-24-13-14-27-51(46)61(54(48)37-55(49)63)44-22-11-6-12-23-44/h4-37,63H,1-3H3. The summed E-state index contributed by atoms with van der Waals surface area (Å²) in [5.74, 6) is 0.801. The van der Waals surface area contributed by atoms with Crippen LogP contribution in [0.3, 0.4) is 0 Å². The molecule has 8 aromatic carbocycles. The van der Waals surface area contributed by atoms with E-state index in [-0.39, 0.29) is 11.2 Å². The molecule has 11 aromatic rings. The highest BCUT2D eigenvalue weighted by Gasteiger charge is 2.26. The number of para-hydroxylation sites is 3. The van der Waals surface area contributed by atoms with Crippen molar-refractivity contribution in [2.45, 2.75) is 26.2 Å². The van der Waals surface area contributed by atoms with E-state index in [0.29, 0.717) is 11.4 Å². The Morgan fingerprint density at radius 1 is 0.444 bits per heavy atom. The number of fused-ring (bicyclic) bond motifs is 4. The van der Waals surface area contributed by atoms with Gasteiger partial charge in [-0.15, -0.1) is 0 Å². The molecule has 3 aromatic heterocycles. The Kier molecular flexibility index (Phi) is 9.13. The molecule has 0 saturated carbocycles. The molecule has 63 heavy (non-hydrogen) atoms. The Bertz CT molecular complexity index is 3410. The van der Waals surface area contributed by atoms with Gasteiger partial charge in [-0.3, -0.25) is 9.55 Å². The molecule has 0 radical (unpaired) electrons. The second-order valence-electron chi connectivity index (χ2n) is 17.2. The lowest BCUT2D eigenvalue weighted by molar-refractivity contribution is 0.477. The third kappa shape index (κ3) is 6.66. The van der Waals surface area contributed by atoms with Crippen LogP contribution in [0.1, 0.15) is 26.3 Å². The molecule has 5 heteroatoms. The largest absolute Gasteiger partial charge is 0.507 e. The van der Waals surface area contributed by atoms with E-state index in [1.54, 1.807) is 0 Å². The smallest absolute Gasteiger partial charge is 0.149 e. The van der Waals surface area contributed by atoms with Gasteiger partial charge in [0.2, 0.25) is 0 Å². The van der Waals surface area contributed by atoms with Gasteiger partial charge in [0.25, 0.3) is 0 Å². The fourth-order valence-electron chi connectivity index (χ4n) is 9.10. The molecule has 0 atom stereocenters. The first kappa shape index (κ1) is 37.9. The van der Waals surface area contributed by atoms with Crippen molar-refractivity contribution in [1.82, 2.24) is 19.1 Å². The van der Waals surface area contributed by atoms with Gasteiger partial charge >= 0.3 is 0 Å². The lowest BCUT2D eigenvalue weighted by Gasteiger charge is -2.23. The second-order valence-corrected chi connectivity index (χ2v) is 17.2. The number of nitrogens with zero attached hydrogens (tertiary/aromatic N) is 4. The Balaban J connectivity index is 1.23. The predicted molar refractivity (Wildman–Crippen MR) is 261 cm³/mol. The second kappa shape index (κ2) is 15.2. The molecule has 0 bridgehead atoms. The van der Waals surface area contributed by atoms with E-state index in [2.05, 4.69) is 188 Å². The minimum Gasteiger partial charge on any atom is -0.507 e. The summed E-state index contributed by atoms with van der Waals surface area (Å²) in [7, 11) is 0. The first-order valence-electron chi connectivity index (χ1n) is 21.5. The highest BCUT2D eigenvalue weighted by atomic mass is 16.3. The van der Waals surface area contributed by atoms with E-state index in [1.165, 1.54) is 5.56 Å². The number of pyridine rings is 1. The minimum atomic E-state index is -0.0829. The number of aromatic hydroxyl groups is 1. The maximum absolute atomic E-state index is 12.4. The van der Waals surface area contributed by atoms with Crippen molar-refractivity contribution in [1.29, 1.82) is 0 Å². The van der Waals surface area contributed by atoms with Gasteiger partial charge in [0.15, 0.2) is 0 Å². The van der Waals surface area contributed by atoms with Crippen molar-refractivity contribution < 1.29 is 5.11 Å². The van der Waals surface area contributed by atoms with Gasteiger partial charge in [0, 0.05) is 45.4 Å². The zero-order valence-corrected chi connectivity index (χ0v) is 35.4. The Labute approximate surface area is 366 Å². The van der Waals surface area contributed by atoms with Crippen molar-refractivity contribution in [3.05, 3.63) is 212 Å². The van der Waals surface area contributed by atoms with Crippen molar-refractivity contribution in [3.8, 4) is 73.2 Å². The summed E-state index contributed by atoms with van der Waals surface area (Å²) in [6.07, 6.45) is 1.84. The zero-order chi connectivity index (χ0) is 42.7. The molecule has 0 unspecified atom stereocenters. The van der Waals surface area contributed by atoms with Crippen LogP contribution in [0.4, 0.5) is 0 Å². The minimum absolute atomic E-state index is 0.0829. The molecule has 0 spiro atoms. The van der Waals surface area contributed by atoms with Gasteiger partial charge < -0.3 is 9.67 Å². The number of phenols is 1. The van der Waals surface area contributed by atoms with Crippen LogP contribution in [0.15, 0.2) is 206 Å². The summed E-state index contributed by atoms with van der Waals surface area (Å²) in [6, 6.07) is 69.9. The molecule has 0 aliphatic heterocycles. The number of hydrogen-bond acceptors (Lipinski definition) is 3. The average molecular weight is 813 g/mol. The molecular formula is C58H44N4O. The quantitative estimate of drug-likeness (QED) is 0.174. The summed E-state index contributed by atoms with van der Waals surface area (Å²) in [5, 5.41) is 14.6. The lowest BCUT2D eigenvalue weighted by atomic mass is 9.85. The summed E-state index contributed by atoms with van der Waals surface area (Å²) >= 11 is 0. The zero-order valence-electron chi connectivity index (χ0n) is 35.4. The Morgan fingerprint density at radius 3 is 1.86 bits per heavy atom. The molecule has 0 saturated heterocycles. The SMILES string of the molecule is CC(C)(C)c1ccc(-n2c(-c3cc4c5ccccc5n(-c5ccccc5)c4cc3O)nc3c(-c4cc(-c5ccccc5)cc(-c5ccccn5)c4)cccc32)c(-c2ccccc2)c1. The maximum atomic E-state index is 12.4. The van der Waals surface area contributed by atoms with Gasteiger partial charge in [-0.25, -0.2) is 4.98 Å². The van der Waals surface area contributed by atoms with Crippen molar-refractivity contribution in [3.63, 3.8) is 0 Å². The number of hydrogen-bond donors (Lipinski definition) is 1. The van der Waals surface area contributed by atoms with Crippen LogP contribution in [-0.4, -0.2) is 24.2 Å². The number of benzene rings is 8. The molecule has 1 N–H and O–H groups in total. The van der Waals surface area contributed by atoms with Crippen LogP contribution in [-0.2, 0) is 5.41 Å². The first-order chi connectivity index (χ1) is 30.8. The molecule has 0 fully saturated rings. The molecule has 11 rings (SSSR count). The van der Waals surface area contributed by atoms with E-state index in [9.17, 15) is 5.11 Å². The lowest BCUT2D eigenvalue weighted by Crippen LogP contribution is -2.12. The number of rotatable bonds is 7. The van der Waals surface area contributed by atoms with E-state index >= 15 is 0 Å². The van der Waals surface area contributed by atoms with Crippen LogP contribution in [0.2, 0.25) is 0 Å². The van der Waals surface area contributed by atoms with Crippen molar-refractivity contribution >= 4 is 32.8 Å². The average Bonchev–Trinajstić information content (AvgIpc) is 3.87. The monoisotopic (exact) mass is 812 g/mol. The first-order valence-corrected chi connectivity index (χ1v) is 21.5. The topological polar surface area (TPSA) is 55.9 Å². The number of phenolic OH excluding ortho intramolecular Hbond substituents is 1. The van der Waals surface area contributed by atoms with E-state index in [4.69, 9.17) is 9.97 Å². The predicted octanol–water partition coefficient (Wildman–Crippen LogP) is 14.9. The molecular weight excluding hydrogens is 769 g/mol. The summed E-state index contributed by atoms with van der Waals surface area (Å²) < 4.78 is 4.48. The number of imidazole rings is 1. The Hall–Kier alpha value is -8.02. The van der Waals surface area contributed by atoms with E-state index < -0.39 is 0 Å². The normalized spacial score (nSPS) is 11.8. The van der Waals surface area contributed by atoms with Crippen LogP contribution < -0.4 is 0 Å². The van der Waals surface area contributed by atoms with Crippen LogP contribution in [0.5, 0.6) is 5.75 Å². The van der Waals surface area contributed by atoms with Gasteiger partial charge in [0.05, 0.1) is 39.0 Å². The highest BCUT2D eigenvalue weighted by molar-refractivity contribution is 6.11. The van der Waals surface area contributed by atoms with Crippen LogP contribution >= 0.6 is 0 Å². The van der Waals surface area contributed by atoms with Gasteiger partial charge in [-0.2, -0.15) is 0 Å². The summed E-state index contributed by atoms with van der Waals surface area (Å²) in [4.78, 5) is 10.4.